The standard InChI is InChI=1S/C14H26N2O2S/c1-18-7-6-16(12-5-8-19-10-12)14(17)13-4-2-3-11(13)9-15/h11-13H,2-10,15H2,1H3. The van der Waals surface area contributed by atoms with Crippen LogP contribution in [0.25, 0.3) is 0 Å². The van der Waals surface area contributed by atoms with E-state index >= 15 is 0 Å². The number of ether oxygens (including phenoxy) is 1. The Bertz CT molecular complexity index is 295. The molecule has 19 heavy (non-hydrogen) atoms. The summed E-state index contributed by atoms with van der Waals surface area (Å²) in [5.41, 5.74) is 5.82. The van der Waals surface area contributed by atoms with Crippen LogP contribution in [0, 0.1) is 11.8 Å². The molecular formula is C14H26N2O2S. The number of rotatable bonds is 6. The minimum Gasteiger partial charge on any atom is -0.383 e. The predicted molar refractivity (Wildman–Crippen MR) is 79.2 cm³/mol. The van der Waals surface area contributed by atoms with Gasteiger partial charge in [0.1, 0.15) is 0 Å². The first-order chi connectivity index (χ1) is 9.27. The third-order valence-corrected chi connectivity index (χ3v) is 5.59. The van der Waals surface area contributed by atoms with Gasteiger partial charge in [-0.3, -0.25) is 4.79 Å². The SMILES string of the molecule is COCCN(C(=O)C1CCCC1CN)C1CCSC1. The van der Waals surface area contributed by atoms with E-state index < -0.39 is 0 Å². The van der Waals surface area contributed by atoms with Crippen LogP contribution in [0.1, 0.15) is 25.7 Å². The van der Waals surface area contributed by atoms with Crippen LogP contribution >= 0.6 is 11.8 Å². The lowest BCUT2D eigenvalue weighted by Gasteiger charge is -2.32. The zero-order valence-electron chi connectivity index (χ0n) is 11.8. The summed E-state index contributed by atoms with van der Waals surface area (Å²) in [6.45, 7) is 2.01. The fourth-order valence-corrected chi connectivity index (χ4v) is 4.51. The molecule has 0 bridgehead atoms. The van der Waals surface area contributed by atoms with Crippen LogP contribution in [0.4, 0.5) is 0 Å². The first kappa shape index (κ1) is 15.1. The average molecular weight is 286 g/mol. The van der Waals surface area contributed by atoms with Crippen molar-refractivity contribution >= 4 is 17.7 Å². The number of carbonyl (C=O) groups excluding carboxylic acids is 1. The molecular weight excluding hydrogens is 260 g/mol. The fourth-order valence-electron chi connectivity index (χ4n) is 3.29. The van der Waals surface area contributed by atoms with Crippen molar-refractivity contribution in [2.45, 2.75) is 31.7 Å². The van der Waals surface area contributed by atoms with Crippen LogP contribution in [0.2, 0.25) is 0 Å². The molecule has 0 aromatic rings. The van der Waals surface area contributed by atoms with Gasteiger partial charge in [0.15, 0.2) is 0 Å². The molecule has 2 rings (SSSR count). The molecule has 3 unspecified atom stereocenters. The highest BCUT2D eigenvalue weighted by atomic mass is 32.2. The molecule has 0 aromatic carbocycles. The number of hydrogen-bond donors (Lipinski definition) is 1. The Morgan fingerprint density at radius 3 is 2.89 bits per heavy atom. The highest BCUT2D eigenvalue weighted by Crippen LogP contribution is 2.34. The minimum atomic E-state index is 0.160. The number of nitrogens with two attached hydrogens (primary N) is 1. The molecule has 1 heterocycles. The number of thioether (sulfide) groups is 1. The lowest BCUT2D eigenvalue weighted by atomic mass is 9.94. The number of hydrogen-bond acceptors (Lipinski definition) is 4. The average Bonchev–Trinajstić information content (AvgIpc) is 3.09. The van der Waals surface area contributed by atoms with E-state index in [0.717, 1.165) is 38.0 Å². The number of nitrogens with zero attached hydrogens (tertiary/aromatic N) is 1. The fraction of sp³-hybridized carbons (Fsp3) is 0.929. The normalized spacial score (nSPS) is 30.7. The molecule has 110 valence electrons. The Morgan fingerprint density at radius 2 is 2.26 bits per heavy atom. The van der Waals surface area contributed by atoms with Crippen LogP contribution in [0.15, 0.2) is 0 Å². The van der Waals surface area contributed by atoms with E-state index in [9.17, 15) is 4.79 Å². The van der Waals surface area contributed by atoms with Crippen LogP contribution in [-0.2, 0) is 9.53 Å². The van der Waals surface area contributed by atoms with E-state index in [2.05, 4.69) is 4.90 Å². The van der Waals surface area contributed by atoms with Gasteiger partial charge in [-0.25, -0.2) is 0 Å². The third-order valence-electron chi connectivity index (χ3n) is 4.44. The second-order valence-corrected chi connectivity index (χ2v) is 6.72. The van der Waals surface area contributed by atoms with Gasteiger partial charge in [-0.2, -0.15) is 11.8 Å². The Balaban J connectivity index is 2.01. The Kier molecular flexibility index (Phi) is 5.98. The summed E-state index contributed by atoms with van der Waals surface area (Å²) < 4.78 is 5.17. The molecule has 1 saturated heterocycles. The summed E-state index contributed by atoms with van der Waals surface area (Å²) in [5, 5.41) is 0. The van der Waals surface area contributed by atoms with Gasteiger partial charge in [0.05, 0.1) is 6.61 Å². The summed E-state index contributed by atoms with van der Waals surface area (Å²) in [4.78, 5) is 14.9. The van der Waals surface area contributed by atoms with Crippen molar-refractivity contribution in [1.82, 2.24) is 4.90 Å². The summed E-state index contributed by atoms with van der Waals surface area (Å²) in [6.07, 6.45) is 4.41. The van der Waals surface area contributed by atoms with Crippen LogP contribution in [-0.4, -0.2) is 55.2 Å². The molecule has 0 aromatic heterocycles. The van der Waals surface area contributed by atoms with Gasteiger partial charge in [-0.15, -0.1) is 0 Å². The molecule has 5 heteroatoms. The smallest absolute Gasteiger partial charge is 0.226 e. The summed E-state index contributed by atoms with van der Waals surface area (Å²) in [5.74, 6) is 3.14. The Hall–Kier alpha value is -0.260. The molecule has 3 atom stereocenters. The van der Waals surface area contributed by atoms with E-state index in [1.54, 1.807) is 7.11 Å². The summed E-state index contributed by atoms with van der Waals surface area (Å²) in [6, 6.07) is 0.409. The van der Waals surface area contributed by atoms with Gasteiger partial charge in [0.25, 0.3) is 0 Å². The molecule has 2 fully saturated rings. The molecule has 1 amide bonds. The largest absolute Gasteiger partial charge is 0.383 e. The van der Waals surface area contributed by atoms with Crippen molar-refractivity contribution in [2.24, 2.45) is 17.6 Å². The molecule has 2 N–H and O–H groups in total. The monoisotopic (exact) mass is 286 g/mol. The third kappa shape index (κ3) is 3.64. The summed E-state index contributed by atoms with van der Waals surface area (Å²) >= 11 is 1.95. The van der Waals surface area contributed by atoms with Gasteiger partial charge < -0.3 is 15.4 Å². The van der Waals surface area contributed by atoms with E-state index in [-0.39, 0.29) is 5.92 Å². The summed E-state index contributed by atoms with van der Waals surface area (Å²) in [7, 11) is 1.70. The quantitative estimate of drug-likeness (QED) is 0.800. The van der Waals surface area contributed by atoms with E-state index in [4.69, 9.17) is 10.5 Å². The molecule has 0 spiro atoms. The van der Waals surface area contributed by atoms with Crippen molar-refractivity contribution < 1.29 is 9.53 Å². The van der Waals surface area contributed by atoms with Gasteiger partial charge in [0, 0.05) is 31.4 Å². The topological polar surface area (TPSA) is 55.6 Å². The number of amides is 1. The lowest BCUT2D eigenvalue weighted by molar-refractivity contribution is -0.139. The van der Waals surface area contributed by atoms with Crippen molar-refractivity contribution in [1.29, 1.82) is 0 Å². The van der Waals surface area contributed by atoms with Gasteiger partial charge in [0.2, 0.25) is 5.91 Å². The maximum atomic E-state index is 12.8. The van der Waals surface area contributed by atoms with Gasteiger partial charge in [-0.1, -0.05) is 6.42 Å². The number of methoxy groups -OCH3 is 1. The Morgan fingerprint density at radius 1 is 1.42 bits per heavy atom. The molecule has 0 radical (unpaired) electrons. The van der Waals surface area contributed by atoms with Crippen LogP contribution in [0.3, 0.4) is 0 Å². The maximum absolute atomic E-state index is 12.8. The second-order valence-electron chi connectivity index (χ2n) is 5.58. The highest BCUT2D eigenvalue weighted by molar-refractivity contribution is 7.99. The first-order valence-electron chi connectivity index (χ1n) is 7.35. The lowest BCUT2D eigenvalue weighted by Crippen LogP contribution is -2.46. The van der Waals surface area contributed by atoms with Crippen molar-refractivity contribution in [3.8, 4) is 0 Å². The van der Waals surface area contributed by atoms with Gasteiger partial charge in [-0.05, 0) is 37.5 Å². The highest BCUT2D eigenvalue weighted by Gasteiger charge is 2.37. The molecule has 4 nitrogen and oxygen atoms in total. The second kappa shape index (κ2) is 7.50. The van der Waals surface area contributed by atoms with Crippen LogP contribution in [0.5, 0.6) is 0 Å². The van der Waals surface area contributed by atoms with E-state index in [1.165, 1.54) is 5.75 Å². The zero-order chi connectivity index (χ0) is 13.7. The Labute approximate surface area is 120 Å². The molecule has 1 saturated carbocycles. The van der Waals surface area contributed by atoms with Crippen molar-refractivity contribution in [3.63, 3.8) is 0 Å². The van der Waals surface area contributed by atoms with E-state index in [0.29, 0.717) is 31.0 Å². The zero-order valence-corrected chi connectivity index (χ0v) is 12.7. The van der Waals surface area contributed by atoms with E-state index in [1.807, 2.05) is 11.8 Å². The molecule has 1 aliphatic heterocycles. The van der Waals surface area contributed by atoms with Crippen LogP contribution < -0.4 is 5.73 Å². The predicted octanol–water partition coefficient (Wildman–Crippen LogP) is 1.34. The number of carbonyl (C=O) groups is 1. The van der Waals surface area contributed by atoms with Crippen molar-refractivity contribution in [2.75, 3.05) is 38.3 Å². The van der Waals surface area contributed by atoms with Crippen molar-refractivity contribution in [3.05, 3.63) is 0 Å². The first-order valence-corrected chi connectivity index (χ1v) is 8.50. The molecule has 1 aliphatic carbocycles. The maximum Gasteiger partial charge on any atom is 0.226 e. The minimum absolute atomic E-state index is 0.160. The van der Waals surface area contributed by atoms with Gasteiger partial charge >= 0.3 is 0 Å². The molecule has 2 aliphatic rings.